The van der Waals surface area contributed by atoms with Crippen LogP contribution in [0.5, 0.6) is 0 Å². The molecule has 1 saturated carbocycles. The molecule has 0 amide bonds. The van der Waals surface area contributed by atoms with Crippen LogP contribution >= 0.6 is 0 Å². The van der Waals surface area contributed by atoms with Gasteiger partial charge in [-0.1, -0.05) is 31.0 Å². The standard InChI is InChI=1S/C16H24FNO/c1-18(2)12-14-8-5-6-10-16(14,19)11-13-7-3-4-9-15(13)17/h3-4,7,9,14,19H,5-6,8,10-12H2,1-2H3/t14-,16-/m1/s1. The lowest BCUT2D eigenvalue weighted by Gasteiger charge is -2.41. The Morgan fingerprint density at radius 3 is 2.74 bits per heavy atom. The fourth-order valence-electron chi connectivity index (χ4n) is 3.20. The van der Waals surface area contributed by atoms with Crippen LogP contribution < -0.4 is 0 Å². The van der Waals surface area contributed by atoms with Crippen LogP contribution in [0.1, 0.15) is 31.2 Å². The molecule has 0 spiro atoms. The molecule has 0 heterocycles. The van der Waals surface area contributed by atoms with Crippen LogP contribution in [0.3, 0.4) is 0 Å². The van der Waals surface area contributed by atoms with Crippen LogP contribution in [0.25, 0.3) is 0 Å². The number of benzene rings is 1. The van der Waals surface area contributed by atoms with E-state index < -0.39 is 5.60 Å². The Balaban J connectivity index is 2.16. The summed E-state index contributed by atoms with van der Waals surface area (Å²) in [6.45, 7) is 0.866. The van der Waals surface area contributed by atoms with Gasteiger partial charge in [0.25, 0.3) is 0 Å². The maximum Gasteiger partial charge on any atom is 0.126 e. The lowest BCUT2D eigenvalue weighted by Crippen LogP contribution is -2.47. The van der Waals surface area contributed by atoms with Gasteiger partial charge in [0, 0.05) is 18.9 Å². The van der Waals surface area contributed by atoms with Gasteiger partial charge in [-0.25, -0.2) is 4.39 Å². The summed E-state index contributed by atoms with van der Waals surface area (Å²) in [6.07, 6.45) is 4.44. The highest BCUT2D eigenvalue weighted by atomic mass is 19.1. The molecule has 0 bridgehead atoms. The fourth-order valence-corrected chi connectivity index (χ4v) is 3.20. The average molecular weight is 265 g/mol. The molecule has 1 aliphatic carbocycles. The van der Waals surface area contributed by atoms with Gasteiger partial charge in [-0.2, -0.15) is 0 Å². The number of aliphatic hydroxyl groups is 1. The molecule has 0 unspecified atom stereocenters. The molecule has 0 saturated heterocycles. The number of hydrogen-bond donors (Lipinski definition) is 1. The summed E-state index contributed by atoms with van der Waals surface area (Å²) in [4.78, 5) is 2.11. The second-order valence-electron chi connectivity index (χ2n) is 6.08. The van der Waals surface area contributed by atoms with Crippen LogP contribution in [0, 0.1) is 11.7 Å². The summed E-state index contributed by atoms with van der Waals surface area (Å²) < 4.78 is 13.8. The van der Waals surface area contributed by atoms with E-state index in [9.17, 15) is 9.50 Å². The smallest absolute Gasteiger partial charge is 0.126 e. The molecular formula is C16H24FNO. The van der Waals surface area contributed by atoms with E-state index in [1.54, 1.807) is 12.1 Å². The van der Waals surface area contributed by atoms with Crippen molar-refractivity contribution >= 4 is 0 Å². The molecule has 0 aromatic heterocycles. The van der Waals surface area contributed by atoms with Crippen molar-refractivity contribution in [3.8, 4) is 0 Å². The molecule has 1 aromatic carbocycles. The maximum atomic E-state index is 13.8. The van der Waals surface area contributed by atoms with E-state index in [0.29, 0.717) is 12.0 Å². The van der Waals surface area contributed by atoms with E-state index >= 15 is 0 Å². The molecule has 1 fully saturated rings. The maximum absolute atomic E-state index is 13.8. The minimum absolute atomic E-state index is 0.204. The predicted molar refractivity (Wildman–Crippen MR) is 75.6 cm³/mol. The van der Waals surface area contributed by atoms with Crippen molar-refractivity contribution in [3.05, 3.63) is 35.6 Å². The first-order valence-corrected chi connectivity index (χ1v) is 7.12. The van der Waals surface area contributed by atoms with Gasteiger partial charge >= 0.3 is 0 Å². The number of rotatable bonds is 4. The lowest BCUT2D eigenvalue weighted by atomic mass is 9.72. The van der Waals surface area contributed by atoms with Crippen LogP contribution in [0.4, 0.5) is 4.39 Å². The highest BCUT2D eigenvalue weighted by Crippen LogP contribution is 2.37. The molecule has 2 nitrogen and oxygen atoms in total. The van der Waals surface area contributed by atoms with Crippen molar-refractivity contribution in [1.82, 2.24) is 4.90 Å². The Morgan fingerprint density at radius 1 is 1.32 bits per heavy atom. The normalized spacial score (nSPS) is 27.7. The minimum atomic E-state index is -0.759. The summed E-state index contributed by atoms with van der Waals surface area (Å²) in [6, 6.07) is 6.80. The molecule has 0 radical (unpaired) electrons. The van der Waals surface area contributed by atoms with Gasteiger partial charge < -0.3 is 10.0 Å². The second-order valence-corrected chi connectivity index (χ2v) is 6.08. The zero-order valence-electron chi connectivity index (χ0n) is 11.9. The summed E-state index contributed by atoms with van der Waals surface area (Å²) in [5.41, 5.74) is -0.124. The number of nitrogens with zero attached hydrogens (tertiary/aromatic N) is 1. The van der Waals surface area contributed by atoms with Crippen molar-refractivity contribution in [2.75, 3.05) is 20.6 Å². The lowest BCUT2D eigenvalue weighted by molar-refractivity contribution is -0.0557. The van der Waals surface area contributed by atoms with Crippen molar-refractivity contribution in [1.29, 1.82) is 0 Å². The predicted octanol–water partition coefficient (Wildman–Crippen LogP) is 2.85. The van der Waals surface area contributed by atoms with E-state index in [4.69, 9.17) is 0 Å². The summed E-state index contributed by atoms with van der Waals surface area (Å²) >= 11 is 0. The molecular weight excluding hydrogens is 241 g/mol. The molecule has 1 aliphatic rings. The SMILES string of the molecule is CN(C)C[C@H]1CCCC[C@@]1(O)Cc1ccccc1F. The van der Waals surface area contributed by atoms with E-state index in [2.05, 4.69) is 4.90 Å². The Morgan fingerprint density at radius 2 is 2.05 bits per heavy atom. The second kappa shape index (κ2) is 6.02. The van der Waals surface area contributed by atoms with Gasteiger partial charge in [-0.15, -0.1) is 0 Å². The zero-order chi connectivity index (χ0) is 13.9. The van der Waals surface area contributed by atoms with Gasteiger partial charge in [-0.3, -0.25) is 0 Å². The Kier molecular flexibility index (Phi) is 4.58. The largest absolute Gasteiger partial charge is 0.389 e. The average Bonchev–Trinajstić information content (AvgIpc) is 2.35. The van der Waals surface area contributed by atoms with Crippen LogP contribution in [0.2, 0.25) is 0 Å². The fraction of sp³-hybridized carbons (Fsp3) is 0.625. The number of halogens is 1. The van der Waals surface area contributed by atoms with Gasteiger partial charge in [0.1, 0.15) is 5.82 Å². The highest BCUT2D eigenvalue weighted by Gasteiger charge is 2.39. The van der Waals surface area contributed by atoms with Crippen molar-refractivity contribution in [2.24, 2.45) is 5.92 Å². The molecule has 2 atom stereocenters. The molecule has 19 heavy (non-hydrogen) atoms. The topological polar surface area (TPSA) is 23.5 Å². The summed E-state index contributed by atoms with van der Waals surface area (Å²) in [5.74, 6) is 0.0287. The molecule has 0 aliphatic heterocycles. The van der Waals surface area contributed by atoms with Crippen molar-refractivity contribution in [2.45, 2.75) is 37.7 Å². The first kappa shape index (κ1) is 14.5. The van der Waals surface area contributed by atoms with Crippen molar-refractivity contribution in [3.63, 3.8) is 0 Å². The third-order valence-corrected chi connectivity index (χ3v) is 4.21. The van der Waals surface area contributed by atoms with E-state index in [1.807, 2.05) is 20.2 Å². The van der Waals surface area contributed by atoms with Crippen LogP contribution in [-0.2, 0) is 6.42 Å². The van der Waals surface area contributed by atoms with Crippen LogP contribution in [-0.4, -0.2) is 36.2 Å². The van der Waals surface area contributed by atoms with Gasteiger partial charge in [0.2, 0.25) is 0 Å². The highest BCUT2D eigenvalue weighted by molar-refractivity contribution is 5.20. The van der Waals surface area contributed by atoms with E-state index in [1.165, 1.54) is 6.07 Å². The van der Waals surface area contributed by atoms with Gasteiger partial charge in [0.15, 0.2) is 0 Å². The van der Waals surface area contributed by atoms with E-state index in [0.717, 1.165) is 32.2 Å². The minimum Gasteiger partial charge on any atom is -0.389 e. The molecule has 1 N–H and O–H groups in total. The van der Waals surface area contributed by atoms with Gasteiger partial charge in [0.05, 0.1) is 5.60 Å². The summed E-state index contributed by atoms with van der Waals surface area (Å²) in [7, 11) is 4.05. The number of hydrogen-bond acceptors (Lipinski definition) is 2. The van der Waals surface area contributed by atoms with Crippen molar-refractivity contribution < 1.29 is 9.50 Å². The monoisotopic (exact) mass is 265 g/mol. The third kappa shape index (κ3) is 3.54. The molecule has 3 heteroatoms. The Bertz CT molecular complexity index is 421. The molecule has 1 aromatic rings. The Labute approximate surface area is 115 Å². The quantitative estimate of drug-likeness (QED) is 0.905. The molecule has 106 valence electrons. The van der Waals surface area contributed by atoms with E-state index in [-0.39, 0.29) is 11.7 Å². The summed E-state index contributed by atoms with van der Waals surface area (Å²) in [5, 5.41) is 11.0. The molecule has 2 rings (SSSR count). The third-order valence-electron chi connectivity index (χ3n) is 4.21. The first-order valence-electron chi connectivity index (χ1n) is 7.12. The zero-order valence-corrected chi connectivity index (χ0v) is 11.9. The van der Waals surface area contributed by atoms with Crippen LogP contribution in [0.15, 0.2) is 24.3 Å². The Hall–Kier alpha value is -0.930. The van der Waals surface area contributed by atoms with Gasteiger partial charge in [-0.05, 0) is 38.6 Å². The first-order chi connectivity index (χ1) is 9.01.